The molecule has 3 aromatic rings. The van der Waals surface area contributed by atoms with Gasteiger partial charge in [-0.2, -0.15) is 18.4 Å². The van der Waals surface area contributed by atoms with E-state index in [1.54, 1.807) is 48.5 Å². The summed E-state index contributed by atoms with van der Waals surface area (Å²) >= 11 is 5.56. The Labute approximate surface area is 174 Å². The van der Waals surface area contributed by atoms with Crippen LogP contribution in [0.3, 0.4) is 0 Å². The van der Waals surface area contributed by atoms with E-state index in [4.69, 9.17) is 21.6 Å². The van der Waals surface area contributed by atoms with E-state index in [0.717, 1.165) is 12.1 Å². The molecule has 0 heterocycles. The third kappa shape index (κ3) is 5.43. The van der Waals surface area contributed by atoms with Crippen molar-refractivity contribution in [2.75, 3.05) is 10.6 Å². The summed E-state index contributed by atoms with van der Waals surface area (Å²) in [6.07, 6.45) is -4.63. The molecule has 152 valence electrons. The van der Waals surface area contributed by atoms with Gasteiger partial charge >= 0.3 is 12.2 Å². The zero-order valence-electron chi connectivity index (χ0n) is 15.1. The number of carbonyl (C=O) groups is 1. The van der Waals surface area contributed by atoms with E-state index in [1.165, 1.54) is 6.07 Å². The van der Waals surface area contributed by atoms with E-state index in [0.29, 0.717) is 22.7 Å². The third-order valence-corrected chi connectivity index (χ3v) is 4.19. The Morgan fingerprint density at radius 1 is 0.900 bits per heavy atom. The fraction of sp³-hybridized carbons (Fsp3) is 0.0476. The molecule has 0 saturated carbocycles. The van der Waals surface area contributed by atoms with Crippen molar-refractivity contribution in [3.05, 3.63) is 82.9 Å². The Morgan fingerprint density at radius 3 is 2.00 bits per heavy atom. The number of alkyl halides is 3. The van der Waals surface area contributed by atoms with Crippen LogP contribution in [0.25, 0.3) is 0 Å². The highest BCUT2D eigenvalue weighted by Gasteiger charge is 2.33. The van der Waals surface area contributed by atoms with E-state index in [1.807, 2.05) is 6.07 Å². The molecule has 2 N–H and O–H groups in total. The Bertz CT molecular complexity index is 1090. The number of urea groups is 1. The number of nitriles is 1. The van der Waals surface area contributed by atoms with Crippen LogP contribution >= 0.6 is 11.6 Å². The van der Waals surface area contributed by atoms with Crippen LogP contribution in [0.4, 0.5) is 29.3 Å². The van der Waals surface area contributed by atoms with Gasteiger partial charge in [-0.05, 0) is 66.7 Å². The van der Waals surface area contributed by atoms with Gasteiger partial charge in [-0.3, -0.25) is 0 Å². The van der Waals surface area contributed by atoms with Crippen molar-refractivity contribution in [3.8, 4) is 17.6 Å². The lowest BCUT2D eigenvalue weighted by atomic mass is 10.2. The molecular weight excluding hydrogens is 419 g/mol. The highest BCUT2D eigenvalue weighted by atomic mass is 35.5. The van der Waals surface area contributed by atoms with Crippen molar-refractivity contribution in [2.45, 2.75) is 6.18 Å². The summed E-state index contributed by atoms with van der Waals surface area (Å²) in [6.45, 7) is 0. The number of hydrogen-bond donors (Lipinski definition) is 2. The van der Waals surface area contributed by atoms with Crippen molar-refractivity contribution in [2.24, 2.45) is 0 Å². The second-order valence-electron chi connectivity index (χ2n) is 6.03. The smallest absolute Gasteiger partial charge is 0.417 e. The molecule has 0 aromatic heterocycles. The van der Waals surface area contributed by atoms with Gasteiger partial charge in [0.15, 0.2) is 0 Å². The summed E-state index contributed by atoms with van der Waals surface area (Å²) < 4.78 is 44.4. The van der Waals surface area contributed by atoms with Gasteiger partial charge in [0.05, 0.1) is 22.2 Å². The number of rotatable bonds is 4. The van der Waals surface area contributed by atoms with Crippen LogP contribution in [0.2, 0.25) is 5.02 Å². The molecule has 0 aliphatic heterocycles. The summed E-state index contributed by atoms with van der Waals surface area (Å²) in [5, 5.41) is 13.2. The third-order valence-electron chi connectivity index (χ3n) is 3.86. The number of nitrogens with one attached hydrogen (secondary N) is 2. The number of carbonyl (C=O) groups excluding carboxylic acids is 1. The zero-order chi connectivity index (χ0) is 21.7. The average Bonchev–Trinajstić information content (AvgIpc) is 2.70. The van der Waals surface area contributed by atoms with Gasteiger partial charge in [-0.1, -0.05) is 11.6 Å². The minimum atomic E-state index is -4.63. The molecule has 0 bridgehead atoms. The van der Waals surface area contributed by atoms with Crippen molar-refractivity contribution >= 4 is 29.0 Å². The van der Waals surface area contributed by atoms with Crippen LogP contribution in [0.1, 0.15) is 11.1 Å². The molecular formula is C21H13ClF3N3O2. The predicted molar refractivity (Wildman–Crippen MR) is 107 cm³/mol. The molecule has 3 aromatic carbocycles. The van der Waals surface area contributed by atoms with Crippen LogP contribution in [-0.2, 0) is 6.18 Å². The van der Waals surface area contributed by atoms with E-state index in [-0.39, 0.29) is 5.69 Å². The molecule has 2 amide bonds. The van der Waals surface area contributed by atoms with Crippen molar-refractivity contribution in [1.29, 1.82) is 5.26 Å². The molecule has 5 nitrogen and oxygen atoms in total. The largest absolute Gasteiger partial charge is 0.457 e. The van der Waals surface area contributed by atoms with Gasteiger partial charge in [-0.25, -0.2) is 4.79 Å². The molecule has 9 heteroatoms. The topological polar surface area (TPSA) is 74.1 Å². The van der Waals surface area contributed by atoms with Gasteiger partial charge in [0.2, 0.25) is 0 Å². The lowest BCUT2D eigenvalue weighted by Gasteiger charge is -2.12. The molecule has 0 atom stereocenters. The van der Waals surface area contributed by atoms with Gasteiger partial charge in [0, 0.05) is 11.4 Å². The lowest BCUT2D eigenvalue weighted by Crippen LogP contribution is -2.19. The predicted octanol–water partition coefficient (Wildman–Crippen LogP) is 6.67. The first-order valence-corrected chi connectivity index (χ1v) is 8.85. The summed E-state index contributed by atoms with van der Waals surface area (Å²) in [5.41, 5.74) is -0.170. The maximum Gasteiger partial charge on any atom is 0.417 e. The molecule has 0 spiro atoms. The Hall–Kier alpha value is -3.70. The average molecular weight is 432 g/mol. The van der Waals surface area contributed by atoms with Crippen LogP contribution < -0.4 is 15.4 Å². The van der Waals surface area contributed by atoms with Gasteiger partial charge in [0.25, 0.3) is 0 Å². The van der Waals surface area contributed by atoms with Crippen molar-refractivity contribution in [3.63, 3.8) is 0 Å². The first-order valence-electron chi connectivity index (χ1n) is 8.47. The first kappa shape index (κ1) is 21.0. The number of amides is 2. The maximum absolute atomic E-state index is 12.9. The molecule has 30 heavy (non-hydrogen) atoms. The molecule has 0 aliphatic carbocycles. The number of ether oxygens (including phenoxy) is 1. The second-order valence-corrected chi connectivity index (χ2v) is 6.44. The van der Waals surface area contributed by atoms with E-state index >= 15 is 0 Å². The minimum absolute atomic E-state index is 0.0509. The Morgan fingerprint density at radius 2 is 1.43 bits per heavy atom. The summed E-state index contributed by atoms with van der Waals surface area (Å²) in [6, 6.07) is 17.3. The van der Waals surface area contributed by atoms with E-state index in [2.05, 4.69) is 10.6 Å². The fourth-order valence-electron chi connectivity index (χ4n) is 2.45. The van der Waals surface area contributed by atoms with Gasteiger partial charge < -0.3 is 15.4 Å². The maximum atomic E-state index is 12.9. The highest BCUT2D eigenvalue weighted by Crippen LogP contribution is 2.36. The normalized spacial score (nSPS) is 10.8. The summed E-state index contributed by atoms with van der Waals surface area (Å²) in [7, 11) is 0. The first-order chi connectivity index (χ1) is 14.2. The molecule has 0 aliphatic rings. The Balaban J connectivity index is 1.61. The van der Waals surface area contributed by atoms with Crippen LogP contribution in [-0.4, -0.2) is 6.03 Å². The standard InChI is InChI=1S/C21H13ClF3N3O2/c22-19-10-5-15(11-18(19)21(23,24)25)28-20(29)27-14-3-8-17(9-4-14)30-16-6-1-13(12-26)2-7-16/h1-11H,(H2,27,28,29). The van der Waals surface area contributed by atoms with Crippen molar-refractivity contribution < 1.29 is 22.7 Å². The molecule has 0 radical (unpaired) electrons. The number of nitrogens with zero attached hydrogens (tertiary/aromatic N) is 1. The van der Waals surface area contributed by atoms with Crippen LogP contribution in [0.5, 0.6) is 11.5 Å². The van der Waals surface area contributed by atoms with Gasteiger partial charge in [-0.15, -0.1) is 0 Å². The second kappa shape index (κ2) is 8.76. The van der Waals surface area contributed by atoms with Crippen LogP contribution in [0, 0.1) is 11.3 Å². The lowest BCUT2D eigenvalue weighted by molar-refractivity contribution is -0.137. The quantitative estimate of drug-likeness (QED) is 0.484. The molecule has 3 rings (SSSR count). The molecule has 0 fully saturated rings. The monoisotopic (exact) mass is 431 g/mol. The van der Waals surface area contributed by atoms with Crippen LogP contribution in [0.15, 0.2) is 66.7 Å². The number of anilines is 2. The van der Waals surface area contributed by atoms with E-state index in [9.17, 15) is 18.0 Å². The highest BCUT2D eigenvalue weighted by molar-refractivity contribution is 6.31. The minimum Gasteiger partial charge on any atom is -0.457 e. The number of benzene rings is 3. The number of hydrogen-bond acceptors (Lipinski definition) is 3. The molecule has 0 saturated heterocycles. The van der Waals surface area contributed by atoms with Gasteiger partial charge in [0.1, 0.15) is 11.5 Å². The Kier molecular flexibility index (Phi) is 6.14. The SMILES string of the molecule is N#Cc1ccc(Oc2ccc(NC(=O)Nc3ccc(Cl)c(C(F)(F)F)c3)cc2)cc1. The van der Waals surface area contributed by atoms with E-state index < -0.39 is 22.8 Å². The molecule has 0 unspecified atom stereocenters. The van der Waals surface area contributed by atoms with Crippen molar-refractivity contribution in [1.82, 2.24) is 0 Å². The summed E-state index contributed by atoms with van der Waals surface area (Å²) in [4.78, 5) is 12.1. The fourth-order valence-corrected chi connectivity index (χ4v) is 2.68. The number of halogens is 4. The zero-order valence-corrected chi connectivity index (χ0v) is 15.9. The summed E-state index contributed by atoms with van der Waals surface area (Å²) in [5.74, 6) is 1.04.